The lowest BCUT2D eigenvalue weighted by Crippen LogP contribution is -2.14. The van der Waals surface area contributed by atoms with Gasteiger partial charge in [-0.25, -0.2) is 0 Å². The fraction of sp³-hybridized carbons (Fsp3) is 0.0800. The molecular weight excluding hydrogens is 693 g/mol. The maximum atomic E-state index is 5.63. The summed E-state index contributed by atoms with van der Waals surface area (Å²) in [6.45, 7) is 0. The summed E-state index contributed by atoms with van der Waals surface area (Å²) in [6.07, 6.45) is 0. The zero-order valence-electron chi connectivity index (χ0n) is 31.7. The van der Waals surface area contributed by atoms with Crippen LogP contribution >= 0.6 is 0 Å². The average Bonchev–Trinajstić information content (AvgIpc) is 3.26. The van der Waals surface area contributed by atoms with Gasteiger partial charge in [0, 0.05) is 44.3 Å². The Bertz CT molecular complexity index is 2450. The van der Waals surface area contributed by atoms with Crippen LogP contribution in [0.25, 0.3) is 43.1 Å². The van der Waals surface area contributed by atoms with Crippen LogP contribution in [0.5, 0.6) is 23.0 Å². The molecule has 6 heteroatoms. The third-order valence-electron chi connectivity index (χ3n) is 10.6. The highest BCUT2D eigenvalue weighted by molar-refractivity contribution is 6.27. The number of fused-ring (bicyclic) bond motifs is 4. The van der Waals surface area contributed by atoms with E-state index in [9.17, 15) is 0 Å². The first-order chi connectivity index (χ1) is 27.6. The highest BCUT2D eigenvalue weighted by Crippen LogP contribution is 2.53. The molecule has 0 aliphatic heterocycles. The molecule has 0 spiro atoms. The van der Waals surface area contributed by atoms with Crippen molar-refractivity contribution in [3.05, 3.63) is 170 Å². The summed E-state index contributed by atoms with van der Waals surface area (Å²) in [4.78, 5) is 4.73. The number of hydrogen-bond donors (Lipinski definition) is 0. The smallest absolute Gasteiger partial charge is 0.119 e. The van der Waals surface area contributed by atoms with Crippen molar-refractivity contribution in [3.8, 4) is 23.0 Å². The summed E-state index contributed by atoms with van der Waals surface area (Å²) in [5, 5.41) is 8.99. The Kier molecular flexibility index (Phi) is 9.00. The van der Waals surface area contributed by atoms with E-state index >= 15 is 0 Å². The minimum atomic E-state index is 0.792. The molecule has 56 heavy (non-hydrogen) atoms. The van der Waals surface area contributed by atoms with Crippen molar-refractivity contribution in [2.24, 2.45) is 0 Å². The minimum absolute atomic E-state index is 0.792. The zero-order valence-corrected chi connectivity index (χ0v) is 31.7. The Labute approximate surface area is 326 Å². The summed E-state index contributed by atoms with van der Waals surface area (Å²) in [5.74, 6) is 3.17. The third-order valence-corrected chi connectivity index (χ3v) is 10.6. The Balaban J connectivity index is 1.48. The molecule has 0 bridgehead atoms. The average molecular weight is 733 g/mol. The highest BCUT2D eigenvalue weighted by Gasteiger charge is 2.27. The monoisotopic (exact) mass is 732 g/mol. The molecule has 6 nitrogen and oxygen atoms in total. The Hall–Kier alpha value is -7.18. The summed E-state index contributed by atoms with van der Waals surface area (Å²) in [7, 11) is 6.79. The molecule has 0 atom stereocenters. The minimum Gasteiger partial charge on any atom is -0.497 e. The predicted octanol–water partition coefficient (Wildman–Crippen LogP) is 13.3. The number of ether oxygens (including phenoxy) is 4. The second kappa shape index (κ2) is 14.6. The molecule has 0 aromatic heterocycles. The molecule has 274 valence electrons. The second-order valence-electron chi connectivity index (χ2n) is 13.7. The Morgan fingerprint density at radius 2 is 0.500 bits per heavy atom. The van der Waals surface area contributed by atoms with Crippen LogP contribution in [-0.4, -0.2) is 28.4 Å². The molecule has 0 radical (unpaired) electrons. The second-order valence-corrected chi connectivity index (χ2v) is 13.7. The normalized spacial score (nSPS) is 11.2. The molecule has 9 aromatic rings. The van der Waals surface area contributed by atoms with Crippen LogP contribution in [0.1, 0.15) is 0 Å². The molecular formula is C50H40N2O4. The van der Waals surface area contributed by atoms with Crippen molar-refractivity contribution in [1.82, 2.24) is 0 Å². The van der Waals surface area contributed by atoms with E-state index in [4.69, 9.17) is 18.9 Å². The van der Waals surface area contributed by atoms with Crippen LogP contribution in [-0.2, 0) is 0 Å². The molecule has 9 aromatic carbocycles. The number of hydrogen-bond acceptors (Lipinski definition) is 6. The third kappa shape index (κ3) is 6.11. The van der Waals surface area contributed by atoms with Crippen LogP contribution in [0.2, 0.25) is 0 Å². The van der Waals surface area contributed by atoms with Gasteiger partial charge in [0.05, 0.1) is 39.8 Å². The molecule has 0 unspecified atom stereocenters. The van der Waals surface area contributed by atoms with E-state index in [0.29, 0.717) is 0 Å². The van der Waals surface area contributed by atoms with Gasteiger partial charge in [0.1, 0.15) is 23.0 Å². The summed E-state index contributed by atoms with van der Waals surface area (Å²) in [5.41, 5.74) is 6.11. The standard InChI is InChI=1S/C50H40N2O4/c1-53-41-21-13-37(14-22-41)51(38-15-23-42(54-2)24-16-38)49-45-29-33-9-5-7-11-35(33)31-47(45)50(48-32-36-12-8-6-10-34(36)30-46(48)49)52(39-17-25-43(55-3)26-18-39)40-19-27-44(56-4)28-20-40/h5-32H,1-4H3. The van der Waals surface area contributed by atoms with Crippen LogP contribution in [0.3, 0.4) is 0 Å². The SMILES string of the molecule is COc1ccc(N(c2ccc(OC)cc2)c2c3cc4ccccc4cc3c(N(c3ccc(OC)cc3)c3ccc(OC)cc3)c3cc4ccccc4cc23)cc1. The van der Waals surface area contributed by atoms with E-state index in [-0.39, 0.29) is 0 Å². The Morgan fingerprint density at radius 1 is 0.286 bits per heavy atom. The topological polar surface area (TPSA) is 43.4 Å². The van der Waals surface area contributed by atoms with Gasteiger partial charge in [-0.2, -0.15) is 0 Å². The molecule has 9 rings (SSSR count). The first kappa shape index (κ1) is 34.6. The lowest BCUT2D eigenvalue weighted by Gasteiger charge is -2.33. The van der Waals surface area contributed by atoms with Gasteiger partial charge in [-0.3, -0.25) is 0 Å². The van der Waals surface area contributed by atoms with Gasteiger partial charge >= 0.3 is 0 Å². The molecule has 0 N–H and O–H groups in total. The van der Waals surface area contributed by atoms with Crippen molar-refractivity contribution in [1.29, 1.82) is 0 Å². The van der Waals surface area contributed by atoms with Gasteiger partial charge in [-0.1, -0.05) is 48.5 Å². The van der Waals surface area contributed by atoms with Crippen LogP contribution in [0.15, 0.2) is 170 Å². The number of nitrogens with zero attached hydrogens (tertiary/aromatic N) is 2. The molecule has 0 saturated heterocycles. The number of methoxy groups -OCH3 is 4. The van der Waals surface area contributed by atoms with Crippen molar-refractivity contribution in [2.45, 2.75) is 0 Å². The Morgan fingerprint density at radius 3 is 0.696 bits per heavy atom. The zero-order chi connectivity index (χ0) is 38.2. The quantitative estimate of drug-likeness (QED) is 0.103. The molecule has 0 heterocycles. The van der Waals surface area contributed by atoms with Gasteiger partial charge in [0.2, 0.25) is 0 Å². The first-order valence-corrected chi connectivity index (χ1v) is 18.5. The molecule has 0 fully saturated rings. The van der Waals surface area contributed by atoms with E-state index in [1.807, 2.05) is 48.5 Å². The van der Waals surface area contributed by atoms with Gasteiger partial charge in [0.15, 0.2) is 0 Å². The van der Waals surface area contributed by atoms with E-state index in [0.717, 1.165) is 100 Å². The van der Waals surface area contributed by atoms with Gasteiger partial charge in [0.25, 0.3) is 0 Å². The lowest BCUT2D eigenvalue weighted by atomic mass is 9.91. The van der Waals surface area contributed by atoms with E-state index < -0.39 is 0 Å². The first-order valence-electron chi connectivity index (χ1n) is 18.5. The van der Waals surface area contributed by atoms with Gasteiger partial charge in [-0.05, 0) is 143 Å². The van der Waals surface area contributed by atoms with Crippen LogP contribution in [0.4, 0.5) is 34.1 Å². The molecule has 0 aliphatic rings. The van der Waals surface area contributed by atoms with Gasteiger partial charge in [-0.15, -0.1) is 0 Å². The van der Waals surface area contributed by atoms with Crippen LogP contribution < -0.4 is 28.7 Å². The van der Waals surface area contributed by atoms with Crippen molar-refractivity contribution >= 4 is 77.2 Å². The maximum absolute atomic E-state index is 5.63. The number of benzene rings is 9. The highest BCUT2D eigenvalue weighted by atomic mass is 16.5. The lowest BCUT2D eigenvalue weighted by molar-refractivity contribution is 0.414. The summed E-state index contributed by atoms with van der Waals surface area (Å²) < 4.78 is 22.5. The van der Waals surface area contributed by atoms with E-state index in [1.165, 1.54) is 0 Å². The van der Waals surface area contributed by atoms with Crippen LogP contribution in [0, 0.1) is 0 Å². The number of anilines is 6. The summed E-state index contributed by atoms with van der Waals surface area (Å²) >= 11 is 0. The van der Waals surface area contributed by atoms with Crippen molar-refractivity contribution < 1.29 is 18.9 Å². The molecule has 0 aliphatic carbocycles. The van der Waals surface area contributed by atoms with E-state index in [1.54, 1.807) is 28.4 Å². The van der Waals surface area contributed by atoms with Crippen molar-refractivity contribution in [3.63, 3.8) is 0 Å². The maximum Gasteiger partial charge on any atom is 0.119 e. The molecule has 0 amide bonds. The number of rotatable bonds is 10. The summed E-state index contributed by atoms with van der Waals surface area (Å²) in [6, 6.07) is 59.7. The van der Waals surface area contributed by atoms with E-state index in [2.05, 4.69) is 131 Å². The fourth-order valence-corrected chi connectivity index (χ4v) is 7.78. The van der Waals surface area contributed by atoms with Crippen molar-refractivity contribution in [2.75, 3.05) is 38.2 Å². The molecule has 0 saturated carbocycles. The predicted molar refractivity (Wildman–Crippen MR) is 232 cm³/mol. The largest absolute Gasteiger partial charge is 0.497 e. The fourth-order valence-electron chi connectivity index (χ4n) is 7.78. The van der Waals surface area contributed by atoms with Gasteiger partial charge < -0.3 is 28.7 Å².